The van der Waals surface area contributed by atoms with Crippen LogP contribution >= 0.6 is 22.7 Å². The molecule has 0 bridgehead atoms. The Balaban J connectivity index is 1.79. The van der Waals surface area contributed by atoms with Crippen LogP contribution in [0.15, 0.2) is 29.0 Å². The standard InChI is InChI=1S/C13H17NOS2/c15-6-2-1-5-14-9-12-8-11(10-17-12)13-4-3-7-16-13/h3-4,7-8,10,14-15H,1-2,5-6,9H2. The molecule has 0 spiro atoms. The predicted molar refractivity (Wildman–Crippen MR) is 75.7 cm³/mol. The van der Waals surface area contributed by atoms with E-state index >= 15 is 0 Å². The molecule has 0 aliphatic heterocycles. The van der Waals surface area contributed by atoms with Gasteiger partial charge < -0.3 is 10.4 Å². The third kappa shape index (κ3) is 3.92. The molecule has 0 aliphatic carbocycles. The molecule has 2 nitrogen and oxygen atoms in total. The highest BCUT2D eigenvalue weighted by atomic mass is 32.1. The van der Waals surface area contributed by atoms with Crippen molar-refractivity contribution in [2.45, 2.75) is 19.4 Å². The smallest absolute Gasteiger partial charge is 0.0431 e. The third-order valence-corrected chi connectivity index (χ3v) is 4.38. The summed E-state index contributed by atoms with van der Waals surface area (Å²) in [5, 5.41) is 16.4. The number of aliphatic hydroxyl groups excluding tert-OH is 1. The van der Waals surface area contributed by atoms with Gasteiger partial charge in [-0.15, -0.1) is 22.7 Å². The van der Waals surface area contributed by atoms with Gasteiger partial charge in [-0.25, -0.2) is 0 Å². The Bertz CT molecular complexity index is 422. The summed E-state index contributed by atoms with van der Waals surface area (Å²) in [4.78, 5) is 2.71. The van der Waals surface area contributed by atoms with Crippen LogP contribution in [0.2, 0.25) is 0 Å². The van der Waals surface area contributed by atoms with Crippen LogP contribution in [0.5, 0.6) is 0 Å². The van der Waals surface area contributed by atoms with Crippen molar-refractivity contribution >= 4 is 22.7 Å². The molecule has 2 aromatic rings. The highest BCUT2D eigenvalue weighted by Crippen LogP contribution is 2.29. The first-order valence-corrected chi connectivity index (χ1v) is 7.59. The van der Waals surface area contributed by atoms with E-state index in [0.29, 0.717) is 6.61 Å². The fourth-order valence-electron chi connectivity index (χ4n) is 1.62. The molecule has 4 heteroatoms. The van der Waals surface area contributed by atoms with Crippen LogP contribution in [0.25, 0.3) is 10.4 Å². The predicted octanol–water partition coefficient (Wildman–Crippen LogP) is 3.34. The second kappa shape index (κ2) is 6.91. The average molecular weight is 267 g/mol. The number of hydrogen-bond acceptors (Lipinski definition) is 4. The number of aliphatic hydroxyl groups is 1. The number of thiophene rings is 2. The lowest BCUT2D eigenvalue weighted by Gasteiger charge is -2.01. The van der Waals surface area contributed by atoms with Gasteiger partial charge in [0.2, 0.25) is 0 Å². The molecule has 0 aliphatic rings. The maximum atomic E-state index is 8.67. The molecular weight excluding hydrogens is 250 g/mol. The first-order chi connectivity index (χ1) is 8.40. The van der Waals surface area contributed by atoms with Crippen LogP contribution in [-0.4, -0.2) is 18.3 Å². The first-order valence-electron chi connectivity index (χ1n) is 5.83. The lowest BCUT2D eigenvalue weighted by Crippen LogP contribution is -2.14. The summed E-state index contributed by atoms with van der Waals surface area (Å²) in [6, 6.07) is 6.51. The molecule has 2 rings (SSSR count). The lowest BCUT2D eigenvalue weighted by atomic mass is 10.2. The van der Waals surface area contributed by atoms with E-state index in [4.69, 9.17) is 5.11 Å². The quantitative estimate of drug-likeness (QED) is 0.754. The lowest BCUT2D eigenvalue weighted by molar-refractivity contribution is 0.283. The summed E-state index contributed by atoms with van der Waals surface area (Å²) < 4.78 is 0. The molecule has 0 amide bonds. The van der Waals surface area contributed by atoms with Crippen LogP contribution < -0.4 is 5.32 Å². The summed E-state index contributed by atoms with van der Waals surface area (Å²) in [6.07, 6.45) is 1.93. The van der Waals surface area contributed by atoms with E-state index in [9.17, 15) is 0 Å². The molecule has 0 saturated carbocycles. The van der Waals surface area contributed by atoms with Gasteiger partial charge in [0.25, 0.3) is 0 Å². The Morgan fingerprint density at radius 2 is 2.18 bits per heavy atom. The third-order valence-electron chi connectivity index (χ3n) is 2.52. The fourth-order valence-corrected chi connectivity index (χ4v) is 3.26. The molecule has 2 aromatic heterocycles. The van der Waals surface area contributed by atoms with E-state index in [1.165, 1.54) is 15.3 Å². The monoisotopic (exact) mass is 267 g/mol. The van der Waals surface area contributed by atoms with E-state index in [-0.39, 0.29) is 0 Å². The van der Waals surface area contributed by atoms with Gasteiger partial charge >= 0.3 is 0 Å². The van der Waals surface area contributed by atoms with Crippen LogP contribution in [0, 0.1) is 0 Å². The molecule has 2 heterocycles. The number of nitrogens with one attached hydrogen (secondary N) is 1. The molecule has 92 valence electrons. The van der Waals surface area contributed by atoms with Gasteiger partial charge in [-0.2, -0.15) is 0 Å². The Morgan fingerprint density at radius 1 is 1.24 bits per heavy atom. The van der Waals surface area contributed by atoms with Gasteiger partial charge in [0.05, 0.1) is 0 Å². The summed E-state index contributed by atoms with van der Waals surface area (Å²) in [6.45, 7) is 2.21. The number of hydrogen-bond donors (Lipinski definition) is 2. The Kier molecular flexibility index (Phi) is 5.19. The Morgan fingerprint density at radius 3 is 2.94 bits per heavy atom. The molecule has 0 unspecified atom stereocenters. The zero-order chi connectivity index (χ0) is 11.9. The summed E-state index contributed by atoms with van der Waals surface area (Å²) in [7, 11) is 0. The van der Waals surface area contributed by atoms with E-state index < -0.39 is 0 Å². The number of unbranched alkanes of at least 4 members (excludes halogenated alkanes) is 1. The van der Waals surface area contributed by atoms with Gasteiger partial charge in [0.1, 0.15) is 0 Å². The molecule has 0 saturated heterocycles. The van der Waals surface area contributed by atoms with Crippen molar-refractivity contribution in [3.8, 4) is 10.4 Å². The zero-order valence-corrected chi connectivity index (χ0v) is 11.3. The SMILES string of the molecule is OCCCCNCc1cc(-c2cccs2)cs1. The van der Waals surface area contributed by atoms with Crippen molar-refractivity contribution < 1.29 is 5.11 Å². The van der Waals surface area contributed by atoms with E-state index in [1.54, 1.807) is 22.7 Å². The van der Waals surface area contributed by atoms with E-state index in [2.05, 4.69) is 34.3 Å². The van der Waals surface area contributed by atoms with Crippen LogP contribution in [0.1, 0.15) is 17.7 Å². The van der Waals surface area contributed by atoms with Crippen LogP contribution in [0.3, 0.4) is 0 Å². The maximum Gasteiger partial charge on any atom is 0.0431 e. The van der Waals surface area contributed by atoms with Crippen LogP contribution in [-0.2, 0) is 6.54 Å². The molecule has 2 N–H and O–H groups in total. The van der Waals surface area contributed by atoms with Gasteiger partial charge in [-0.05, 0) is 42.3 Å². The molecule has 0 atom stereocenters. The molecule has 0 radical (unpaired) electrons. The topological polar surface area (TPSA) is 32.3 Å². The number of rotatable bonds is 7. The van der Waals surface area contributed by atoms with Crippen molar-refractivity contribution in [3.05, 3.63) is 33.8 Å². The zero-order valence-electron chi connectivity index (χ0n) is 9.69. The van der Waals surface area contributed by atoms with Gasteiger partial charge in [0, 0.05) is 28.5 Å². The minimum Gasteiger partial charge on any atom is -0.396 e. The van der Waals surface area contributed by atoms with E-state index in [1.807, 2.05) is 0 Å². The molecule has 0 fully saturated rings. The largest absolute Gasteiger partial charge is 0.396 e. The van der Waals surface area contributed by atoms with Gasteiger partial charge in [-0.1, -0.05) is 6.07 Å². The maximum absolute atomic E-state index is 8.67. The average Bonchev–Trinajstić information content (AvgIpc) is 2.99. The second-order valence-corrected chi connectivity index (χ2v) is 5.83. The summed E-state index contributed by atoms with van der Waals surface area (Å²) in [5.41, 5.74) is 1.33. The molecule has 0 aromatic carbocycles. The highest BCUT2D eigenvalue weighted by Gasteiger charge is 2.02. The van der Waals surface area contributed by atoms with Gasteiger partial charge in [-0.3, -0.25) is 0 Å². The van der Waals surface area contributed by atoms with Crippen molar-refractivity contribution in [1.82, 2.24) is 5.32 Å². The Labute approximate surface area is 110 Å². The highest BCUT2D eigenvalue weighted by molar-refractivity contribution is 7.14. The minimum atomic E-state index is 0.295. The minimum absolute atomic E-state index is 0.295. The summed E-state index contributed by atoms with van der Waals surface area (Å²) in [5.74, 6) is 0. The van der Waals surface area contributed by atoms with Crippen molar-refractivity contribution in [1.29, 1.82) is 0 Å². The van der Waals surface area contributed by atoms with Crippen molar-refractivity contribution in [2.75, 3.05) is 13.2 Å². The van der Waals surface area contributed by atoms with Crippen molar-refractivity contribution in [3.63, 3.8) is 0 Å². The van der Waals surface area contributed by atoms with Gasteiger partial charge in [0.15, 0.2) is 0 Å². The normalized spacial score (nSPS) is 10.9. The first kappa shape index (κ1) is 12.8. The molecule has 17 heavy (non-hydrogen) atoms. The van der Waals surface area contributed by atoms with Crippen molar-refractivity contribution in [2.24, 2.45) is 0 Å². The second-order valence-electron chi connectivity index (χ2n) is 3.89. The Hall–Kier alpha value is -0.680. The van der Waals surface area contributed by atoms with E-state index in [0.717, 1.165) is 25.9 Å². The van der Waals surface area contributed by atoms with Crippen LogP contribution in [0.4, 0.5) is 0 Å². The molecular formula is C13H17NOS2. The fraction of sp³-hybridized carbons (Fsp3) is 0.385. The summed E-state index contributed by atoms with van der Waals surface area (Å²) >= 11 is 3.59.